The number of imidazole rings is 1. The summed E-state index contributed by atoms with van der Waals surface area (Å²) in [6.45, 7) is 6.44. The fraction of sp³-hybridized carbons (Fsp3) is 0.458. The molecule has 1 atom stereocenters. The highest BCUT2D eigenvalue weighted by Gasteiger charge is 2.40. The molecule has 3 aromatic rings. The molecule has 8 heteroatoms. The predicted molar refractivity (Wildman–Crippen MR) is 127 cm³/mol. The summed E-state index contributed by atoms with van der Waals surface area (Å²) in [5.74, 6) is 0. The van der Waals surface area contributed by atoms with E-state index in [4.69, 9.17) is 32.7 Å². The minimum absolute atomic E-state index is 0.114. The molecule has 2 saturated heterocycles. The molecule has 0 aliphatic carbocycles. The number of aromatic nitrogens is 2. The second-order valence-corrected chi connectivity index (χ2v) is 9.62. The van der Waals surface area contributed by atoms with Gasteiger partial charge in [-0.05, 0) is 43.0 Å². The average molecular weight is 476 g/mol. The summed E-state index contributed by atoms with van der Waals surface area (Å²) in [7, 11) is 0. The fourth-order valence-corrected chi connectivity index (χ4v) is 5.49. The number of ether oxygens (including phenoxy) is 2. The molecular formula is C24H27Cl2N3O3. The standard InChI is InChI=1S/C24H27Cl2N3O3/c1-16-4-2-3-5-18(16)24(15-31-10-11-32-24)14-28-8-6-17(7-9-28)29-22-13-20(26)19(25)12-21(22)27-23(29)30/h2-5,12-13,17H,6-11,14-15H2,1H3,(H,27,30). The monoisotopic (exact) mass is 475 g/mol. The summed E-state index contributed by atoms with van der Waals surface area (Å²) in [6.07, 6.45) is 1.75. The lowest BCUT2D eigenvalue weighted by atomic mass is 9.88. The van der Waals surface area contributed by atoms with E-state index in [2.05, 4.69) is 41.1 Å². The molecule has 0 saturated carbocycles. The Morgan fingerprint density at radius 3 is 2.59 bits per heavy atom. The van der Waals surface area contributed by atoms with E-state index in [9.17, 15) is 4.79 Å². The van der Waals surface area contributed by atoms with Gasteiger partial charge in [0, 0.05) is 25.7 Å². The van der Waals surface area contributed by atoms with Crippen LogP contribution in [-0.4, -0.2) is 53.9 Å². The Labute approximate surface area is 197 Å². The second kappa shape index (κ2) is 8.84. The van der Waals surface area contributed by atoms with Gasteiger partial charge in [0.05, 0.1) is 40.9 Å². The van der Waals surface area contributed by atoms with Gasteiger partial charge in [-0.15, -0.1) is 0 Å². The zero-order valence-electron chi connectivity index (χ0n) is 18.1. The number of piperidine rings is 1. The highest BCUT2D eigenvalue weighted by molar-refractivity contribution is 6.42. The molecule has 2 fully saturated rings. The summed E-state index contributed by atoms with van der Waals surface area (Å²) >= 11 is 12.4. The number of rotatable bonds is 4. The van der Waals surface area contributed by atoms with Gasteiger partial charge < -0.3 is 14.5 Å². The Bertz CT molecular complexity index is 1170. The largest absolute Gasteiger partial charge is 0.376 e. The first-order chi connectivity index (χ1) is 15.5. The maximum absolute atomic E-state index is 12.7. The maximum atomic E-state index is 12.7. The number of hydrogen-bond donors (Lipinski definition) is 1. The van der Waals surface area contributed by atoms with Crippen molar-refractivity contribution in [1.82, 2.24) is 14.5 Å². The third kappa shape index (κ3) is 3.99. The fourth-order valence-electron chi connectivity index (χ4n) is 5.17. The number of H-pyrrole nitrogens is 1. The van der Waals surface area contributed by atoms with E-state index in [-0.39, 0.29) is 11.7 Å². The van der Waals surface area contributed by atoms with Crippen LogP contribution in [0.3, 0.4) is 0 Å². The van der Waals surface area contributed by atoms with E-state index in [1.54, 1.807) is 12.1 Å². The number of nitrogens with zero attached hydrogens (tertiary/aromatic N) is 2. The zero-order valence-corrected chi connectivity index (χ0v) is 19.6. The molecule has 3 heterocycles. The summed E-state index contributed by atoms with van der Waals surface area (Å²) in [4.78, 5) is 18.1. The van der Waals surface area contributed by atoms with Crippen molar-refractivity contribution in [3.63, 3.8) is 0 Å². The molecule has 5 rings (SSSR count). The van der Waals surface area contributed by atoms with Gasteiger partial charge in [-0.25, -0.2) is 4.79 Å². The van der Waals surface area contributed by atoms with Crippen LogP contribution in [0, 0.1) is 6.92 Å². The zero-order chi connectivity index (χ0) is 22.3. The molecule has 2 aliphatic rings. The Balaban J connectivity index is 1.35. The van der Waals surface area contributed by atoms with Crippen LogP contribution in [0.1, 0.15) is 30.0 Å². The van der Waals surface area contributed by atoms with Crippen molar-refractivity contribution in [3.8, 4) is 0 Å². The van der Waals surface area contributed by atoms with Crippen LogP contribution in [0.4, 0.5) is 0 Å². The molecular weight excluding hydrogens is 449 g/mol. The van der Waals surface area contributed by atoms with E-state index in [0.717, 1.165) is 43.5 Å². The highest BCUT2D eigenvalue weighted by atomic mass is 35.5. The van der Waals surface area contributed by atoms with Gasteiger partial charge in [0.2, 0.25) is 0 Å². The average Bonchev–Trinajstić information content (AvgIpc) is 3.10. The van der Waals surface area contributed by atoms with Crippen molar-refractivity contribution in [3.05, 3.63) is 68.1 Å². The van der Waals surface area contributed by atoms with Crippen LogP contribution >= 0.6 is 23.2 Å². The van der Waals surface area contributed by atoms with Gasteiger partial charge in [-0.1, -0.05) is 47.5 Å². The number of likely N-dealkylation sites (tertiary alicyclic amines) is 1. The quantitative estimate of drug-likeness (QED) is 0.602. The van der Waals surface area contributed by atoms with E-state index in [1.807, 2.05) is 4.57 Å². The molecule has 1 N–H and O–H groups in total. The predicted octanol–water partition coefficient (Wildman–Crippen LogP) is 4.52. The van der Waals surface area contributed by atoms with E-state index in [0.29, 0.717) is 29.9 Å². The topological polar surface area (TPSA) is 59.5 Å². The summed E-state index contributed by atoms with van der Waals surface area (Å²) in [5.41, 5.74) is 3.37. The van der Waals surface area contributed by atoms with Crippen molar-refractivity contribution in [2.24, 2.45) is 0 Å². The Kier molecular flexibility index (Phi) is 6.07. The van der Waals surface area contributed by atoms with Crippen LogP contribution in [0.15, 0.2) is 41.2 Å². The molecule has 0 radical (unpaired) electrons. The van der Waals surface area contributed by atoms with Crippen LogP contribution < -0.4 is 5.69 Å². The number of nitrogens with one attached hydrogen (secondary N) is 1. The molecule has 0 amide bonds. The molecule has 6 nitrogen and oxygen atoms in total. The number of hydrogen-bond acceptors (Lipinski definition) is 4. The molecule has 1 aromatic heterocycles. The number of fused-ring (bicyclic) bond motifs is 1. The first kappa shape index (κ1) is 22.0. The number of benzene rings is 2. The lowest BCUT2D eigenvalue weighted by Gasteiger charge is -2.43. The molecule has 2 aliphatic heterocycles. The number of aryl methyl sites for hydroxylation is 1. The van der Waals surface area contributed by atoms with Crippen molar-refractivity contribution in [2.75, 3.05) is 39.5 Å². The van der Waals surface area contributed by atoms with Gasteiger partial charge >= 0.3 is 5.69 Å². The minimum Gasteiger partial charge on any atom is -0.376 e. The molecule has 1 unspecified atom stereocenters. The summed E-state index contributed by atoms with van der Waals surface area (Å²) < 4.78 is 14.1. The van der Waals surface area contributed by atoms with Crippen molar-refractivity contribution >= 4 is 34.2 Å². The van der Waals surface area contributed by atoms with Gasteiger partial charge in [0.15, 0.2) is 0 Å². The smallest absolute Gasteiger partial charge is 0.326 e. The third-order valence-corrected chi connectivity index (χ3v) is 7.46. The normalized spacial score (nSPS) is 23.1. The van der Waals surface area contributed by atoms with E-state index in [1.165, 1.54) is 11.1 Å². The van der Waals surface area contributed by atoms with Gasteiger partial charge in [-0.3, -0.25) is 9.47 Å². The van der Waals surface area contributed by atoms with Crippen molar-refractivity contribution in [2.45, 2.75) is 31.4 Å². The van der Waals surface area contributed by atoms with Gasteiger partial charge in [0.1, 0.15) is 5.60 Å². The second-order valence-electron chi connectivity index (χ2n) is 8.80. The number of aromatic amines is 1. The van der Waals surface area contributed by atoms with E-state index >= 15 is 0 Å². The lowest BCUT2D eigenvalue weighted by molar-refractivity contribution is -0.174. The van der Waals surface area contributed by atoms with Gasteiger partial charge in [-0.2, -0.15) is 0 Å². The summed E-state index contributed by atoms with van der Waals surface area (Å²) in [5, 5.41) is 0.901. The lowest BCUT2D eigenvalue weighted by Crippen LogP contribution is -2.51. The molecule has 32 heavy (non-hydrogen) atoms. The van der Waals surface area contributed by atoms with Crippen LogP contribution in [0.5, 0.6) is 0 Å². The van der Waals surface area contributed by atoms with Crippen LogP contribution in [0.2, 0.25) is 10.0 Å². The summed E-state index contributed by atoms with van der Waals surface area (Å²) in [6, 6.07) is 12.0. The number of halogens is 2. The Morgan fingerprint density at radius 2 is 1.88 bits per heavy atom. The van der Waals surface area contributed by atoms with E-state index < -0.39 is 5.60 Å². The molecule has 170 valence electrons. The van der Waals surface area contributed by atoms with Crippen molar-refractivity contribution in [1.29, 1.82) is 0 Å². The third-order valence-electron chi connectivity index (χ3n) is 6.74. The minimum atomic E-state index is -0.460. The highest BCUT2D eigenvalue weighted by Crippen LogP contribution is 2.35. The first-order valence-electron chi connectivity index (χ1n) is 11.1. The van der Waals surface area contributed by atoms with Gasteiger partial charge in [0.25, 0.3) is 0 Å². The Hall–Kier alpha value is -1.83. The maximum Gasteiger partial charge on any atom is 0.326 e. The van der Waals surface area contributed by atoms with Crippen LogP contribution in [-0.2, 0) is 15.1 Å². The SMILES string of the molecule is Cc1ccccc1C1(CN2CCC(n3c(=O)[nH]c4cc(Cl)c(Cl)cc43)CC2)COCCO1. The molecule has 0 bridgehead atoms. The van der Waals surface area contributed by atoms with Crippen molar-refractivity contribution < 1.29 is 9.47 Å². The Morgan fingerprint density at radius 1 is 1.12 bits per heavy atom. The first-order valence-corrected chi connectivity index (χ1v) is 11.8. The molecule has 0 spiro atoms. The molecule has 2 aromatic carbocycles. The van der Waals surface area contributed by atoms with Crippen LogP contribution in [0.25, 0.3) is 11.0 Å².